The maximum atomic E-state index is 12.1. The minimum atomic E-state index is -3.72. The summed E-state index contributed by atoms with van der Waals surface area (Å²) < 4.78 is 30.3. The lowest BCUT2D eigenvalue weighted by Gasteiger charge is -2.14. The van der Waals surface area contributed by atoms with E-state index in [0.717, 1.165) is 10.4 Å². The number of hydrogen-bond donors (Lipinski definition) is 0. The molecule has 1 aromatic rings. The van der Waals surface area contributed by atoms with Gasteiger partial charge in [0.15, 0.2) is 5.75 Å². The molecule has 0 fully saturated rings. The number of nitrogens with zero attached hydrogens (tertiary/aromatic N) is 2. The van der Waals surface area contributed by atoms with Crippen LogP contribution in [-0.4, -0.2) is 38.3 Å². The lowest BCUT2D eigenvalue weighted by molar-refractivity contribution is -0.386. The van der Waals surface area contributed by atoms with E-state index in [2.05, 4.69) is 0 Å². The molecular formula is C11H16N2O5S. The van der Waals surface area contributed by atoms with Crippen molar-refractivity contribution in [2.24, 2.45) is 0 Å². The Morgan fingerprint density at radius 3 is 2.37 bits per heavy atom. The highest BCUT2D eigenvalue weighted by molar-refractivity contribution is 7.89. The average molecular weight is 288 g/mol. The molecule has 0 amide bonds. The summed E-state index contributed by atoms with van der Waals surface area (Å²) in [6.07, 6.45) is 0. The summed E-state index contributed by atoms with van der Waals surface area (Å²) in [6.45, 7) is 3.53. The van der Waals surface area contributed by atoms with Gasteiger partial charge >= 0.3 is 5.69 Å². The molecule has 1 rings (SSSR count). The van der Waals surface area contributed by atoms with E-state index >= 15 is 0 Å². The van der Waals surface area contributed by atoms with E-state index in [1.54, 1.807) is 13.8 Å². The summed E-state index contributed by atoms with van der Waals surface area (Å²) in [4.78, 5) is 10.2. The fraction of sp³-hybridized carbons (Fsp3) is 0.455. The third kappa shape index (κ3) is 3.02. The molecule has 0 aliphatic carbocycles. The van der Waals surface area contributed by atoms with Crippen LogP contribution < -0.4 is 4.74 Å². The van der Waals surface area contributed by atoms with Crippen LogP contribution >= 0.6 is 0 Å². The molecule has 0 bridgehead atoms. The van der Waals surface area contributed by atoms with Crippen molar-refractivity contribution in [2.75, 3.05) is 20.7 Å². The summed E-state index contributed by atoms with van der Waals surface area (Å²) in [5.41, 5.74) is 0.0515. The number of hydrogen-bond acceptors (Lipinski definition) is 5. The topological polar surface area (TPSA) is 89.8 Å². The zero-order chi connectivity index (χ0) is 14.8. The van der Waals surface area contributed by atoms with Crippen molar-refractivity contribution in [3.8, 4) is 5.75 Å². The molecule has 0 N–H and O–H groups in total. The van der Waals surface area contributed by atoms with E-state index in [1.165, 1.54) is 20.2 Å². The third-order valence-electron chi connectivity index (χ3n) is 2.51. The predicted molar refractivity (Wildman–Crippen MR) is 69.9 cm³/mol. The standard InChI is InChI=1S/C11H16N2O5S/c1-5-18-10-6-8(2)11(7-9(10)13(14)15)19(16,17)12(3)4/h6-7H,5H2,1-4H3. The molecule has 0 unspecified atom stereocenters. The van der Waals surface area contributed by atoms with E-state index in [4.69, 9.17) is 4.74 Å². The first-order valence-electron chi connectivity index (χ1n) is 5.56. The van der Waals surface area contributed by atoms with Crippen molar-refractivity contribution in [1.82, 2.24) is 4.31 Å². The molecule has 0 spiro atoms. The summed E-state index contributed by atoms with van der Waals surface area (Å²) in [5.74, 6) is 0.0720. The predicted octanol–water partition coefficient (Wildman–Crippen LogP) is 1.55. The number of ether oxygens (including phenoxy) is 1. The molecule has 7 nitrogen and oxygen atoms in total. The number of nitro groups is 1. The summed E-state index contributed by atoms with van der Waals surface area (Å²) in [5, 5.41) is 11.0. The van der Waals surface area contributed by atoms with Gasteiger partial charge in [-0.1, -0.05) is 0 Å². The number of aryl methyl sites for hydroxylation is 1. The zero-order valence-electron chi connectivity index (χ0n) is 11.2. The van der Waals surface area contributed by atoms with Crippen LogP contribution in [0.5, 0.6) is 5.75 Å². The smallest absolute Gasteiger partial charge is 0.312 e. The molecule has 0 saturated heterocycles. The van der Waals surface area contributed by atoms with E-state index in [-0.39, 0.29) is 22.9 Å². The second kappa shape index (κ2) is 5.54. The molecule has 106 valence electrons. The summed E-state index contributed by atoms with van der Waals surface area (Å²) in [6, 6.07) is 2.41. The van der Waals surface area contributed by atoms with Crippen LogP contribution in [0.4, 0.5) is 5.69 Å². The first kappa shape index (κ1) is 15.4. The highest BCUT2D eigenvalue weighted by Gasteiger charge is 2.26. The lowest BCUT2D eigenvalue weighted by atomic mass is 10.2. The molecule has 0 aliphatic rings. The van der Waals surface area contributed by atoms with Gasteiger partial charge in [0, 0.05) is 20.2 Å². The van der Waals surface area contributed by atoms with Crippen LogP contribution in [0.2, 0.25) is 0 Å². The largest absolute Gasteiger partial charge is 0.487 e. The first-order valence-corrected chi connectivity index (χ1v) is 7.00. The van der Waals surface area contributed by atoms with Crippen LogP contribution in [-0.2, 0) is 10.0 Å². The summed E-state index contributed by atoms with van der Waals surface area (Å²) in [7, 11) is -0.978. The van der Waals surface area contributed by atoms with Crippen LogP contribution in [0.25, 0.3) is 0 Å². The van der Waals surface area contributed by atoms with Gasteiger partial charge in [0.25, 0.3) is 0 Å². The number of rotatable bonds is 5. The van der Waals surface area contributed by atoms with E-state index in [1.807, 2.05) is 0 Å². The Balaban J connectivity index is 3.54. The van der Waals surface area contributed by atoms with Gasteiger partial charge in [0.2, 0.25) is 10.0 Å². The highest BCUT2D eigenvalue weighted by atomic mass is 32.2. The molecule has 0 aromatic heterocycles. The monoisotopic (exact) mass is 288 g/mol. The molecule has 8 heteroatoms. The van der Waals surface area contributed by atoms with Gasteiger partial charge in [-0.2, -0.15) is 0 Å². The Kier molecular flexibility index (Phi) is 4.48. The second-order valence-electron chi connectivity index (χ2n) is 4.06. The fourth-order valence-corrected chi connectivity index (χ4v) is 2.66. The van der Waals surface area contributed by atoms with E-state index < -0.39 is 14.9 Å². The molecule has 0 radical (unpaired) electrons. The minimum absolute atomic E-state index is 0.0720. The van der Waals surface area contributed by atoms with Crippen molar-refractivity contribution >= 4 is 15.7 Å². The molecule has 0 aliphatic heterocycles. The third-order valence-corrected chi connectivity index (χ3v) is 4.47. The van der Waals surface area contributed by atoms with Gasteiger partial charge in [-0.25, -0.2) is 12.7 Å². The van der Waals surface area contributed by atoms with Gasteiger partial charge in [0.1, 0.15) is 0 Å². The molecule has 0 saturated carbocycles. The molecular weight excluding hydrogens is 272 g/mol. The number of benzene rings is 1. The van der Waals surface area contributed by atoms with Crippen LogP contribution in [0.3, 0.4) is 0 Å². The van der Waals surface area contributed by atoms with Gasteiger partial charge in [-0.05, 0) is 25.5 Å². The Morgan fingerprint density at radius 1 is 1.37 bits per heavy atom. The van der Waals surface area contributed by atoms with Gasteiger partial charge < -0.3 is 4.74 Å². The maximum absolute atomic E-state index is 12.1. The Labute approximate surface area is 112 Å². The second-order valence-corrected chi connectivity index (χ2v) is 6.18. The Morgan fingerprint density at radius 2 is 1.95 bits per heavy atom. The van der Waals surface area contributed by atoms with Crippen LogP contribution in [0.15, 0.2) is 17.0 Å². The summed E-state index contributed by atoms with van der Waals surface area (Å²) >= 11 is 0. The van der Waals surface area contributed by atoms with Gasteiger partial charge in [-0.15, -0.1) is 0 Å². The quantitative estimate of drug-likeness (QED) is 0.605. The minimum Gasteiger partial charge on any atom is -0.487 e. The van der Waals surface area contributed by atoms with Gasteiger partial charge in [0.05, 0.1) is 16.4 Å². The first-order chi connectivity index (χ1) is 8.71. The average Bonchev–Trinajstić information content (AvgIpc) is 2.28. The number of sulfonamides is 1. The van der Waals surface area contributed by atoms with Crippen LogP contribution in [0, 0.1) is 17.0 Å². The number of nitro benzene ring substituents is 1. The zero-order valence-corrected chi connectivity index (χ0v) is 12.0. The maximum Gasteiger partial charge on any atom is 0.312 e. The Bertz CT molecular complexity index is 595. The molecule has 19 heavy (non-hydrogen) atoms. The molecule has 0 heterocycles. The van der Waals surface area contributed by atoms with Crippen molar-refractivity contribution in [3.05, 3.63) is 27.8 Å². The van der Waals surface area contributed by atoms with E-state index in [9.17, 15) is 18.5 Å². The lowest BCUT2D eigenvalue weighted by Crippen LogP contribution is -2.23. The van der Waals surface area contributed by atoms with Crippen molar-refractivity contribution < 1.29 is 18.1 Å². The van der Waals surface area contributed by atoms with Crippen molar-refractivity contribution in [3.63, 3.8) is 0 Å². The molecule has 1 aromatic carbocycles. The van der Waals surface area contributed by atoms with E-state index in [0.29, 0.717) is 5.56 Å². The SMILES string of the molecule is CCOc1cc(C)c(S(=O)(=O)N(C)C)cc1[N+](=O)[O-]. The van der Waals surface area contributed by atoms with Crippen molar-refractivity contribution in [2.45, 2.75) is 18.7 Å². The highest BCUT2D eigenvalue weighted by Crippen LogP contribution is 2.33. The fourth-order valence-electron chi connectivity index (χ4n) is 1.54. The van der Waals surface area contributed by atoms with Gasteiger partial charge in [-0.3, -0.25) is 10.1 Å². The van der Waals surface area contributed by atoms with Crippen LogP contribution in [0.1, 0.15) is 12.5 Å². The normalized spacial score (nSPS) is 11.6. The Hall–Kier alpha value is -1.67. The van der Waals surface area contributed by atoms with Crippen molar-refractivity contribution in [1.29, 1.82) is 0 Å². The molecule has 0 atom stereocenters.